The molecule has 24 heavy (non-hydrogen) atoms. The Morgan fingerprint density at radius 3 is 2.33 bits per heavy atom. The van der Waals surface area contributed by atoms with Gasteiger partial charge < -0.3 is 20.5 Å². The number of aryl methyl sites for hydroxylation is 1. The molecule has 4 nitrogen and oxygen atoms in total. The molecule has 0 aliphatic carbocycles. The fraction of sp³-hybridized carbons (Fsp3) is 0.400. The lowest BCUT2D eigenvalue weighted by Gasteiger charge is -2.25. The quantitative estimate of drug-likeness (QED) is 0.843. The lowest BCUT2D eigenvalue weighted by atomic mass is 10.0. The summed E-state index contributed by atoms with van der Waals surface area (Å²) in [5, 5.41) is 3.28. The predicted molar refractivity (Wildman–Crippen MR) is 98.7 cm³/mol. The maximum Gasteiger partial charge on any atom is 0.124 e. The van der Waals surface area contributed by atoms with Gasteiger partial charge in [0.15, 0.2) is 0 Å². The van der Waals surface area contributed by atoms with E-state index in [-0.39, 0.29) is 0 Å². The van der Waals surface area contributed by atoms with E-state index in [1.165, 1.54) is 24.6 Å². The number of hydrogen-bond acceptors (Lipinski definition) is 4. The van der Waals surface area contributed by atoms with Crippen LogP contribution in [-0.2, 0) is 6.42 Å². The predicted octanol–water partition coefficient (Wildman–Crippen LogP) is 3.32. The van der Waals surface area contributed by atoms with E-state index in [0.717, 1.165) is 37.6 Å². The first kappa shape index (κ1) is 18.3. The van der Waals surface area contributed by atoms with Crippen molar-refractivity contribution in [3.05, 3.63) is 59.7 Å². The zero-order chi connectivity index (χ0) is 17.2. The molecule has 2 aliphatic heterocycles. The van der Waals surface area contributed by atoms with Gasteiger partial charge in [0.2, 0.25) is 0 Å². The van der Waals surface area contributed by atoms with Gasteiger partial charge in [-0.15, -0.1) is 0 Å². The molecule has 3 N–H and O–H groups in total. The van der Waals surface area contributed by atoms with E-state index in [1.807, 2.05) is 31.3 Å². The van der Waals surface area contributed by atoms with E-state index in [4.69, 9.17) is 9.47 Å². The highest BCUT2D eigenvalue weighted by molar-refractivity contribution is 5.37. The van der Waals surface area contributed by atoms with Crippen LogP contribution in [-0.4, -0.2) is 27.3 Å². The van der Waals surface area contributed by atoms with Crippen molar-refractivity contribution >= 4 is 0 Å². The monoisotopic (exact) mass is 328 g/mol. The standard InChI is InChI=1S/C10H13NO.C9H10O.CH5N/c1-11-9-6-7-12-10-5-3-2-4-8(9)10;1-2-6-9-8(4-1)5-3-7-10-9;1-2/h2-5,9,11H,6-7H2,1H3;1-2,4,6H,3,5,7H2;2H2,1H3. The average Bonchev–Trinajstić information content (AvgIpc) is 2.69. The summed E-state index contributed by atoms with van der Waals surface area (Å²) in [6.07, 6.45) is 3.40. The zero-order valence-electron chi connectivity index (χ0n) is 14.6. The van der Waals surface area contributed by atoms with Crippen LogP contribution in [0.15, 0.2) is 48.5 Å². The van der Waals surface area contributed by atoms with Crippen molar-refractivity contribution in [1.29, 1.82) is 0 Å². The smallest absolute Gasteiger partial charge is 0.124 e. The first-order valence-corrected chi connectivity index (χ1v) is 8.56. The molecule has 4 rings (SSSR count). The molecule has 1 unspecified atom stereocenters. The lowest BCUT2D eigenvalue weighted by Crippen LogP contribution is -2.23. The van der Waals surface area contributed by atoms with E-state index in [1.54, 1.807) is 0 Å². The average molecular weight is 328 g/mol. The van der Waals surface area contributed by atoms with Crippen LogP contribution in [0, 0.1) is 0 Å². The molecule has 0 aromatic heterocycles. The molecule has 0 saturated carbocycles. The maximum atomic E-state index is 5.52. The number of nitrogens with one attached hydrogen (secondary N) is 1. The molecule has 4 heteroatoms. The molecule has 0 saturated heterocycles. The Hall–Kier alpha value is -2.04. The summed E-state index contributed by atoms with van der Waals surface area (Å²) >= 11 is 0. The molecule has 2 heterocycles. The molecule has 2 aliphatic rings. The fourth-order valence-electron chi connectivity index (χ4n) is 2.94. The molecular formula is C20H28N2O2. The molecule has 0 fully saturated rings. The third-order valence-corrected chi connectivity index (χ3v) is 4.13. The third kappa shape index (κ3) is 4.73. The minimum atomic E-state index is 0.468. The van der Waals surface area contributed by atoms with Gasteiger partial charge in [-0.3, -0.25) is 0 Å². The van der Waals surface area contributed by atoms with Gasteiger partial charge in [0.1, 0.15) is 11.5 Å². The van der Waals surface area contributed by atoms with Crippen molar-refractivity contribution in [1.82, 2.24) is 5.32 Å². The normalized spacial score (nSPS) is 17.4. The van der Waals surface area contributed by atoms with Crippen LogP contribution < -0.4 is 20.5 Å². The molecular weight excluding hydrogens is 300 g/mol. The molecule has 0 spiro atoms. The Kier molecular flexibility index (Phi) is 7.59. The van der Waals surface area contributed by atoms with Crippen LogP contribution >= 0.6 is 0 Å². The van der Waals surface area contributed by atoms with Gasteiger partial charge in [-0.1, -0.05) is 36.4 Å². The Labute approximate surface area is 145 Å². The number of para-hydroxylation sites is 2. The van der Waals surface area contributed by atoms with Crippen molar-refractivity contribution < 1.29 is 9.47 Å². The third-order valence-electron chi connectivity index (χ3n) is 4.13. The molecule has 130 valence electrons. The first-order valence-electron chi connectivity index (χ1n) is 8.56. The Morgan fingerprint density at radius 2 is 1.58 bits per heavy atom. The van der Waals surface area contributed by atoms with E-state index >= 15 is 0 Å². The van der Waals surface area contributed by atoms with E-state index in [2.05, 4.69) is 35.3 Å². The van der Waals surface area contributed by atoms with E-state index in [0.29, 0.717) is 6.04 Å². The van der Waals surface area contributed by atoms with Crippen LogP contribution in [0.3, 0.4) is 0 Å². The number of ether oxygens (including phenoxy) is 2. The van der Waals surface area contributed by atoms with Crippen LogP contribution in [0.5, 0.6) is 11.5 Å². The van der Waals surface area contributed by atoms with Crippen molar-refractivity contribution in [3.63, 3.8) is 0 Å². The number of rotatable bonds is 1. The summed E-state index contributed by atoms with van der Waals surface area (Å²) in [6.45, 7) is 1.71. The molecule has 0 bridgehead atoms. The lowest BCUT2D eigenvalue weighted by molar-refractivity contribution is 0.257. The van der Waals surface area contributed by atoms with Gasteiger partial charge in [-0.05, 0) is 44.6 Å². The Balaban J connectivity index is 0.000000160. The molecule has 1 atom stereocenters. The van der Waals surface area contributed by atoms with Gasteiger partial charge in [0.25, 0.3) is 0 Å². The van der Waals surface area contributed by atoms with Crippen LogP contribution in [0.25, 0.3) is 0 Å². The van der Waals surface area contributed by atoms with Crippen molar-refractivity contribution in [2.75, 3.05) is 27.3 Å². The SMILES string of the molecule is CN.CNC1CCOc2ccccc21.c1ccc2c(c1)CCCO2. The molecule has 2 aromatic rings. The van der Waals surface area contributed by atoms with Gasteiger partial charge in [-0.2, -0.15) is 0 Å². The highest BCUT2D eigenvalue weighted by atomic mass is 16.5. The van der Waals surface area contributed by atoms with Gasteiger partial charge in [0.05, 0.1) is 13.2 Å². The highest BCUT2D eigenvalue weighted by Crippen LogP contribution is 2.30. The van der Waals surface area contributed by atoms with Gasteiger partial charge in [-0.25, -0.2) is 0 Å². The Morgan fingerprint density at radius 1 is 0.917 bits per heavy atom. The fourth-order valence-corrected chi connectivity index (χ4v) is 2.94. The van der Waals surface area contributed by atoms with E-state index < -0.39 is 0 Å². The summed E-state index contributed by atoms with van der Waals surface area (Å²) in [5.41, 5.74) is 7.14. The molecule has 0 radical (unpaired) electrons. The summed E-state index contributed by atoms with van der Waals surface area (Å²) in [4.78, 5) is 0. The summed E-state index contributed by atoms with van der Waals surface area (Å²) in [7, 11) is 3.49. The number of benzene rings is 2. The first-order chi connectivity index (χ1) is 11.9. The number of fused-ring (bicyclic) bond motifs is 2. The second-order valence-electron chi connectivity index (χ2n) is 5.58. The summed E-state index contributed by atoms with van der Waals surface area (Å²) < 4.78 is 10.9. The number of nitrogens with two attached hydrogens (primary N) is 1. The summed E-state index contributed by atoms with van der Waals surface area (Å²) in [5.74, 6) is 2.11. The zero-order valence-corrected chi connectivity index (χ0v) is 14.6. The topological polar surface area (TPSA) is 56.5 Å². The van der Waals surface area contributed by atoms with Gasteiger partial charge in [0, 0.05) is 18.0 Å². The minimum Gasteiger partial charge on any atom is -0.493 e. The maximum absolute atomic E-state index is 5.52. The second kappa shape index (κ2) is 9.96. The minimum absolute atomic E-state index is 0.468. The van der Waals surface area contributed by atoms with E-state index in [9.17, 15) is 0 Å². The van der Waals surface area contributed by atoms with Crippen LogP contribution in [0.1, 0.15) is 30.0 Å². The number of hydrogen-bond donors (Lipinski definition) is 2. The highest BCUT2D eigenvalue weighted by Gasteiger charge is 2.18. The van der Waals surface area contributed by atoms with Crippen molar-refractivity contribution in [2.45, 2.75) is 25.3 Å². The summed E-state index contributed by atoms with van der Waals surface area (Å²) in [6, 6.07) is 16.9. The molecule has 0 amide bonds. The largest absolute Gasteiger partial charge is 0.493 e. The second-order valence-corrected chi connectivity index (χ2v) is 5.58. The van der Waals surface area contributed by atoms with Gasteiger partial charge >= 0.3 is 0 Å². The Bertz CT molecular complexity index is 591. The molecule has 2 aromatic carbocycles. The van der Waals surface area contributed by atoms with Crippen LogP contribution in [0.4, 0.5) is 0 Å². The van der Waals surface area contributed by atoms with Crippen molar-refractivity contribution in [3.8, 4) is 11.5 Å². The van der Waals surface area contributed by atoms with Crippen molar-refractivity contribution in [2.24, 2.45) is 5.73 Å². The van der Waals surface area contributed by atoms with Crippen LogP contribution in [0.2, 0.25) is 0 Å².